The standard InChI is InChI=1S/C25H33N3O2/c1-4-5-10-21(22-15-17-24(30-3)18-16-22)11-7-14-25(29)27-20(2)9-6-12-23-13-8-19-26-28-23/h7-8,11,13-20H,4-6,9-10,12H2,1-3H3,(H,27,29)/t20-/m1/s1. The third-order valence-electron chi connectivity index (χ3n) is 4.89. The van der Waals surface area contributed by atoms with Crippen molar-refractivity contribution in [1.82, 2.24) is 15.5 Å². The van der Waals surface area contributed by atoms with Crippen LogP contribution in [0.2, 0.25) is 0 Å². The number of ether oxygens (including phenoxy) is 1. The molecule has 0 bridgehead atoms. The maximum absolute atomic E-state index is 12.2. The van der Waals surface area contributed by atoms with Gasteiger partial charge in [0, 0.05) is 18.3 Å². The molecule has 1 N–H and O–H groups in total. The lowest BCUT2D eigenvalue weighted by Crippen LogP contribution is -2.31. The average Bonchev–Trinajstić information content (AvgIpc) is 2.77. The number of benzene rings is 1. The number of nitrogens with zero attached hydrogens (tertiary/aromatic N) is 2. The van der Waals surface area contributed by atoms with E-state index in [1.165, 1.54) is 5.57 Å². The van der Waals surface area contributed by atoms with E-state index in [0.717, 1.165) is 55.5 Å². The average molecular weight is 408 g/mol. The van der Waals surface area contributed by atoms with E-state index >= 15 is 0 Å². The third kappa shape index (κ3) is 8.60. The van der Waals surface area contributed by atoms with Gasteiger partial charge in [-0.3, -0.25) is 4.79 Å². The number of allylic oxidation sites excluding steroid dienone is 3. The molecule has 0 aliphatic heterocycles. The molecule has 5 heteroatoms. The molecule has 160 valence electrons. The van der Waals surface area contributed by atoms with Crippen LogP contribution in [-0.4, -0.2) is 29.3 Å². The van der Waals surface area contributed by atoms with Crippen molar-refractivity contribution in [2.45, 2.75) is 58.4 Å². The number of unbranched alkanes of at least 4 members (excludes halogenated alkanes) is 1. The number of nitrogens with one attached hydrogen (secondary N) is 1. The zero-order valence-corrected chi connectivity index (χ0v) is 18.3. The molecule has 0 spiro atoms. The smallest absolute Gasteiger partial charge is 0.244 e. The van der Waals surface area contributed by atoms with Gasteiger partial charge in [0.05, 0.1) is 12.8 Å². The monoisotopic (exact) mass is 407 g/mol. The first-order valence-electron chi connectivity index (χ1n) is 10.7. The largest absolute Gasteiger partial charge is 0.497 e. The topological polar surface area (TPSA) is 64.1 Å². The predicted octanol–water partition coefficient (Wildman–Crippen LogP) is 5.14. The van der Waals surface area contributed by atoms with Crippen LogP contribution in [0.4, 0.5) is 0 Å². The number of carbonyl (C=O) groups excluding carboxylic acids is 1. The second-order valence-electron chi connectivity index (χ2n) is 7.40. The number of hydrogen-bond acceptors (Lipinski definition) is 4. The van der Waals surface area contributed by atoms with E-state index in [9.17, 15) is 4.79 Å². The van der Waals surface area contributed by atoms with Crippen LogP contribution in [0, 0.1) is 0 Å². The highest BCUT2D eigenvalue weighted by molar-refractivity contribution is 5.88. The molecule has 1 heterocycles. The van der Waals surface area contributed by atoms with E-state index in [0.29, 0.717) is 0 Å². The van der Waals surface area contributed by atoms with Crippen LogP contribution < -0.4 is 10.1 Å². The van der Waals surface area contributed by atoms with Crippen LogP contribution in [0.5, 0.6) is 5.75 Å². The molecule has 0 saturated heterocycles. The number of carbonyl (C=O) groups is 1. The van der Waals surface area contributed by atoms with Gasteiger partial charge in [-0.15, -0.1) is 0 Å². The van der Waals surface area contributed by atoms with Crippen LogP contribution >= 0.6 is 0 Å². The molecule has 1 aromatic carbocycles. The first-order chi connectivity index (χ1) is 14.6. The molecule has 1 aromatic heterocycles. The Hall–Kier alpha value is -2.95. The third-order valence-corrected chi connectivity index (χ3v) is 4.89. The minimum Gasteiger partial charge on any atom is -0.497 e. The van der Waals surface area contributed by atoms with Crippen LogP contribution in [0.3, 0.4) is 0 Å². The molecule has 0 saturated carbocycles. The van der Waals surface area contributed by atoms with Crippen molar-refractivity contribution in [2.75, 3.05) is 7.11 Å². The lowest BCUT2D eigenvalue weighted by Gasteiger charge is -2.12. The fourth-order valence-electron chi connectivity index (χ4n) is 3.17. The molecule has 0 aliphatic carbocycles. The van der Waals surface area contributed by atoms with Crippen molar-refractivity contribution < 1.29 is 9.53 Å². The Bertz CT molecular complexity index is 814. The highest BCUT2D eigenvalue weighted by atomic mass is 16.5. The SMILES string of the molecule is CCCCC(=CC=CC(=O)N[C@H](C)CCCc1cccnn1)c1ccc(OC)cc1. The normalized spacial score (nSPS) is 12.7. The quantitative estimate of drug-likeness (QED) is 0.391. The van der Waals surface area contributed by atoms with Crippen molar-refractivity contribution >= 4 is 11.5 Å². The lowest BCUT2D eigenvalue weighted by atomic mass is 9.99. The van der Waals surface area contributed by atoms with Crippen LogP contribution in [0.1, 0.15) is 57.2 Å². The molecule has 30 heavy (non-hydrogen) atoms. The van der Waals surface area contributed by atoms with E-state index in [1.807, 2.05) is 43.3 Å². The highest BCUT2D eigenvalue weighted by Crippen LogP contribution is 2.23. The molecular formula is C25H33N3O2. The van der Waals surface area contributed by atoms with E-state index in [-0.39, 0.29) is 11.9 Å². The maximum atomic E-state index is 12.2. The summed E-state index contributed by atoms with van der Waals surface area (Å²) in [6, 6.07) is 12.0. The van der Waals surface area contributed by atoms with Crippen molar-refractivity contribution in [1.29, 1.82) is 0 Å². The summed E-state index contributed by atoms with van der Waals surface area (Å²) in [5.41, 5.74) is 3.37. The predicted molar refractivity (Wildman–Crippen MR) is 122 cm³/mol. The lowest BCUT2D eigenvalue weighted by molar-refractivity contribution is -0.117. The Labute approximate surface area is 180 Å². The summed E-state index contributed by atoms with van der Waals surface area (Å²) in [5, 5.41) is 11.0. The van der Waals surface area contributed by atoms with E-state index in [2.05, 4.69) is 34.6 Å². The molecule has 2 aromatic rings. The Balaban J connectivity index is 1.85. The van der Waals surface area contributed by atoms with Gasteiger partial charge in [0.15, 0.2) is 0 Å². The number of amides is 1. The maximum Gasteiger partial charge on any atom is 0.244 e. The zero-order chi connectivity index (χ0) is 21.6. The van der Waals surface area contributed by atoms with Gasteiger partial charge >= 0.3 is 0 Å². The van der Waals surface area contributed by atoms with E-state index in [1.54, 1.807) is 19.4 Å². The van der Waals surface area contributed by atoms with Gasteiger partial charge in [0.2, 0.25) is 5.91 Å². The summed E-state index contributed by atoms with van der Waals surface area (Å²) >= 11 is 0. The van der Waals surface area contributed by atoms with Gasteiger partial charge in [-0.05, 0) is 74.4 Å². The zero-order valence-electron chi connectivity index (χ0n) is 18.3. The molecule has 5 nitrogen and oxygen atoms in total. The molecule has 2 rings (SSSR count). The number of aryl methyl sites for hydroxylation is 1. The molecular weight excluding hydrogens is 374 g/mol. The Morgan fingerprint density at radius 1 is 1.20 bits per heavy atom. The van der Waals surface area contributed by atoms with Gasteiger partial charge in [0.1, 0.15) is 5.75 Å². The van der Waals surface area contributed by atoms with Crippen LogP contribution in [-0.2, 0) is 11.2 Å². The second-order valence-corrected chi connectivity index (χ2v) is 7.40. The summed E-state index contributed by atoms with van der Waals surface area (Å²) in [4.78, 5) is 12.2. The van der Waals surface area contributed by atoms with Crippen molar-refractivity contribution in [3.8, 4) is 5.75 Å². The van der Waals surface area contributed by atoms with Crippen molar-refractivity contribution in [3.05, 3.63) is 72.1 Å². The molecule has 0 radical (unpaired) electrons. The van der Waals surface area contributed by atoms with Gasteiger partial charge in [-0.2, -0.15) is 10.2 Å². The van der Waals surface area contributed by atoms with Gasteiger partial charge < -0.3 is 10.1 Å². The van der Waals surface area contributed by atoms with Crippen molar-refractivity contribution in [3.63, 3.8) is 0 Å². The first kappa shape index (κ1) is 23.3. The molecule has 1 amide bonds. The van der Waals surface area contributed by atoms with E-state index < -0.39 is 0 Å². The van der Waals surface area contributed by atoms with Gasteiger partial charge in [-0.25, -0.2) is 0 Å². The summed E-state index contributed by atoms with van der Waals surface area (Å²) in [6.07, 6.45) is 13.1. The minimum absolute atomic E-state index is 0.0668. The van der Waals surface area contributed by atoms with E-state index in [4.69, 9.17) is 4.74 Å². The van der Waals surface area contributed by atoms with Crippen molar-refractivity contribution in [2.24, 2.45) is 0 Å². The summed E-state index contributed by atoms with van der Waals surface area (Å²) in [5.74, 6) is 0.777. The fourth-order valence-corrected chi connectivity index (χ4v) is 3.17. The number of aromatic nitrogens is 2. The first-order valence-corrected chi connectivity index (χ1v) is 10.7. The Morgan fingerprint density at radius 2 is 2.00 bits per heavy atom. The number of hydrogen-bond donors (Lipinski definition) is 1. The molecule has 0 aliphatic rings. The summed E-state index contributed by atoms with van der Waals surface area (Å²) in [6.45, 7) is 4.21. The molecule has 0 unspecified atom stereocenters. The Kier molecular flexibility index (Phi) is 10.3. The second kappa shape index (κ2) is 13.3. The van der Waals surface area contributed by atoms with Gasteiger partial charge in [-0.1, -0.05) is 37.6 Å². The summed E-state index contributed by atoms with van der Waals surface area (Å²) < 4.78 is 5.24. The van der Waals surface area contributed by atoms with Crippen LogP contribution in [0.25, 0.3) is 5.57 Å². The van der Waals surface area contributed by atoms with Crippen LogP contribution in [0.15, 0.2) is 60.8 Å². The fraction of sp³-hybridized carbons (Fsp3) is 0.400. The van der Waals surface area contributed by atoms with Gasteiger partial charge in [0.25, 0.3) is 0 Å². The highest BCUT2D eigenvalue weighted by Gasteiger charge is 2.05. The Morgan fingerprint density at radius 3 is 2.67 bits per heavy atom. The molecule has 1 atom stereocenters. The number of rotatable bonds is 12. The minimum atomic E-state index is -0.0668. The number of methoxy groups -OCH3 is 1. The molecule has 0 fully saturated rings. The summed E-state index contributed by atoms with van der Waals surface area (Å²) in [7, 11) is 1.67.